The van der Waals surface area contributed by atoms with Crippen LogP contribution in [0.4, 0.5) is 0 Å². The summed E-state index contributed by atoms with van der Waals surface area (Å²) in [6.07, 6.45) is 4.62. The minimum absolute atomic E-state index is 0.116. The molecule has 1 N–H and O–H groups in total. The molecule has 80 valence electrons. The molecule has 0 atom stereocenters. The Balaban J connectivity index is 1.87. The molecule has 0 bridgehead atoms. The Morgan fingerprint density at radius 3 is 2.73 bits per heavy atom. The van der Waals surface area contributed by atoms with E-state index in [-0.39, 0.29) is 5.78 Å². The summed E-state index contributed by atoms with van der Waals surface area (Å²) in [4.78, 5) is 27.6. The van der Waals surface area contributed by atoms with Gasteiger partial charge in [0.15, 0.2) is 5.78 Å². The van der Waals surface area contributed by atoms with E-state index in [1.807, 2.05) is 4.90 Å². The van der Waals surface area contributed by atoms with E-state index >= 15 is 0 Å². The van der Waals surface area contributed by atoms with E-state index in [1.54, 1.807) is 18.5 Å². The predicted octanol–water partition coefficient (Wildman–Crippen LogP) is 0.862. The normalized spacial score (nSPS) is 18.0. The van der Waals surface area contributed by atoms with Gasteiger partial charge in [-0.1, -0.05) is 0 Å². The highest BCUT2D eigenvalue weighted by atomic mass is 16.1. The molecule has 0 radical (unpaired) electrons. The van der Waals surface area contributed by atoms with Crippen molar-refractivity contribution in [3.63, 3.8) is 0 Å². The molecule has 15 heavy (non-hydrogen) atoms. The second-order valence-corrected chi connectivity index (χ2v) is 3.84. The van der Waals surface area contributed by atoms with Gasteiger partial charge in [-0.2, -0.15) is 0 Å². The number of carbonyl (C=O) groups excluding carboxylic acids is 2. The van der Waals surface area contributed by atoms with Crippen LogP contribution < -0.4 is 0 Å². The topological polar surface area (TPSA) is 53.2 Å². The van der Waals surface area contributed by atoms with Crippen molar-refractivity contribution in [2.75, 3.05) is 19.6 Å². The molecule has 1 aliphatic rings. The highest BCUT2D eigenvalue weighted by molar-refractivity contribution is 5.97. The van der Waals surface area contributed by atoms with Gasteiger partial charge in [-0.3, -0.25) is 14.5 Å². The largest absolute Gasteiger partial charge is 0.367 e. The van der Waals surface area contributed by atoms with Crippen LogP contribution in [-0.4, -0.2) is 41.1 Å². The summed E-state index contributed by atoms with van der Waals surface area (Å²) in [6.45, 7) is 1.86. The van der Waals surface area contributed by atoms with E-state index in [2.05, 4.69) is 4.98 Å². The summed E-state index contributed by atoms with van der Waals surface area (Å²) < 4.78 is 0. The van der Waals surface area contributed by atoms with Crippen molar-refractivity contribution in [1.82, 2.24) is 9.88 Å². The predicted molar refractivity (Wildman–Crippen MR) is 55.8 cm³/mol. The van der Waals surface area contributed by atoms with Crippen LogP contribution in [0.25, 0.3) is 0 Å². The van der Waals surface area contributed by atoms with E-state index in [4.69, 9.17) is 0 Å². The zero-order chi connectivity index (χ0) is 10.7. The van der Waals surface area contributed by atoms with Crippen LogP contribution in [0.1, 0.15) is 23.2 Å². The van der Waals surface area contributed by atoms with Gasteiger partial charge in [-0.15, -0.1) is 0 Å². The van der Waals surface area contributed by atoms with Crippen LogP contribution in [0.5, 0.6) is 0 Å². The summed E-state index contributed by atoms with van der Waals surface area (Å²) in [7, 11) is 0. The fourth-order valence-electron chi connectivity index (χ4n) is 1.75. The highest BCUT2D eigenvalue weighted by Crippen LogP contribution is 2.07. The molecule has 4 nitrogen and oxygen atoms in total. The summed E-state index contributed by atoms with van der Waals surface area (Å²) in [5, 5.41) is 0. The number of ketones is 2. The van der Waals surface area contributed by atoms with Crippen LogP contribution in [0, 0.1) is 0 Å². The van der Waals surface area contributed by atoms with Gasteiger partial charge < -0.3 is 4.98 Å². The Morgan fingerprint density at radius 1 is 1.40 bits per heavy atom. The van der Waals surface area contributed by atoms with E-state index in [0.29, 0.717) is 30.7 Å². The standard InChI is InChI=1S/C11H14N2O2/c14-10-2-5-13(6-3-10)8-11(15)9-1-4-12-7-9/h1,4,7,12H,2-3,5-6,8H2. The smallest absolute Gasteiger partial charge is 0.178 e. The molecule has 0 aromatic carbocycles. The number of rotatable bonds is 3. The molecular weight excluding hydrogens is 192 g/mol. The number of nitrogens with one attached hydrogen (secondary N) is 1. The summed E-state index contributed by atoms with van der Waals surface area (Å²) in [6, 6.07) is 1.78. The number of piperidine rings is 1. The van der Waals surface area contributed by atoms with Crippen molar-refractivity contribution in [2.24, 2.45) is 0 Å². The third-order valence-corrected chi connectivity index (χ3v) is 2.70. The monoisotopic (exact) mass is 206 g/mol. The zero-order valence-electron chi connectivity index (χ0n) is 8.53. The lowest BCUT2D eigenvalue weighted by molar-refractivity contribution is -0.121. The number of H-pyrrole nitrogens is 1. The lowest BCUT2D eigenvalue weighted by Gasteiger charge is -2.24. The number of aromatic amines is 1. The first-order valence-electron chi connectivity index (χ1n) is 5.16. The van der Waals surface area contributed by atoms with Crippen LogP contribution in [0.3, 0.4) is 0 Å². The number of nitrogens with zero attached hydrogens (tertiary/aromatic N) is 1. The maximum Gasteiger partial charge on any atom is 0.178 e. The second-order valence-electron chi connectivity index (χ2n) is 3.84. The molecule has 1 fully saturated rings. The number of carbonyl (C=O) groups is 2. The number of Topliss-reactive ketones (excluding diaryl/α,β-unsaturated/α-hetero) is 2. The quantitative estimate of drug-likeness (QED) is 0.746. The first-order chi connectivity index (χ1) is 7.25. The molecule has 1 aliphatic heterocycles. The van der Waals surface area contributed by atoms with E-state index in [0.717, 1.165) is 13.1 Å². The van der Waals surface area contributed by atoms with Crippen LogP contribution >= 0.6 is 0 Å². The van der Waals surface area contributed by atoms with Crippen LogP contribution in [-0.2, 0) is 4.79 Å². The first-order valence-corrected chi connectivity index (χ1v) is 5.16. The molecule has 1 aromatic heterocycles. The molecule has 0 saturated carbocycles. The molecule has 2 rings (SSSR count). The molecule has 0 spiro atoms. The highest BCUT2D eigenvalue weighted by Gasteiger charge is 2.18. The Morgan fingerprint density at radius 2 is 2.13 bits per heavy atom. The van der Waals surface area contributed by atoms with E-state index in [9.17, 15) is 9.59 Å². The number of hydrogen-bond acceptors (Lipinski definition) is 3. The first kappa shape index (κ1) is 10.1. The lowest BCUT2D eigenvalue weighted by atomic mass is 10.1. The fourth-order valence-corrected chi connectivity index (χ4v) is 1.75. The summed E-state index contributed by atoms with van der Waals surface area (Å²) in [5.41, 5.74) is 0.715. The maximum atomic E-state index is 11.7. The van der Waals surface area contributed by atoms with Crippen molar-refractivity contribution < 1.29 is 9.59 Å². The van der Waals surface area contributed by atoms with Gasteiger partial charge in [-0.25, -0.2) is 0 Å². The van der Waals surface area contributed by atoms with Crippen molar-refractivity contribution in [1.29, 1.82) is 0 Å². The van der Waals surface area contributed by atoms with Crippen molar-refractivity contribution in [2.45, 2.75) is 12.8 Å². The number of aromatic nitrogens is 1. The average molecular weight is 206 g/mol. The Bertz CT molecular complexity index is 347. The maximum absolute atomic E-state index is 11.7. The zero-order valence-corrected chi connectivity index (χ0v) is 8.53. The minimum Gasteiger partial charge on any atom is -0.367 e. The molecule has 0 unspecified atom stereocenters. The fraction of sp³-hybridized carbons (Fsp3) is 0.455. The summed E-state index contributed by atoms with van der Waals surface area (Å²) >= 11 is 0. The average Bonchev–Trinajstić information content (AvgIpc) is 2.74. The summed E-state index contributed by atoms with van der Waals surface area (Å²) in [5.74, 6) is 0.422. The van der Waals surface area contributed by atoms with Crippen molar-refractivity contribution in [3.05, 3.63) is 24.0 Å². The Kier molecular flexibility index (Phi) is 2.97. The molecule has 1 aromatic rings. The second kappa shape index (κ2) is 4.40. The Hall–Kier alpha value is -1.42. The Labute approximate surface area is 88.3 Å². The van der Waals surface area contributed by atoms with Crippen molar-refractivity contribution in [3.8, 4) is 0 Å². The van der Waals surface area contributed by atoms with Gasteiger partial charge in [0, 0.05) is 43.9 Å². The molecule has 2 heterocycles. The minimum atomic E-state index is 0.116. The van der Waals surface area contributed by atoms with E-state index in [1.165, 1.54) is 0 Å². The van der Waals surface area contributed by atoms with Gasteiger partial charge in [0.05, 0.1) is 6.54 Å². The van der Waals surface area contributed by atoms with E-state index < -0.39 is 0 Å². The molecule has 4 heteroatoms. The molecule has 0 amide bonds. The van der Waals surface area contributed by atoms with Crippen LogP contribution in [0.15, 0.2) is 18.5 Å². The van der Waals surface area contributed by atoms with Gasteiger partial charge in [0.25, 0.3) is 0 Å². The van der Waals surface area contributed by atoms with Gasteiger partial charge in [0.1, 0.15) is 5.78 Å². The third-order valence-electron chi connectivity index (χ3n) is 2.70. The molecular formula is C11H14N2O2. The lowest BCUT2D eigenvalue weighted by Crippen LogP contribution is -2.37. The third kappa shape index (κ3) is 2.53. The number of hydrogen-bond donors (Lipinski definition) is 1. The van der Waals surface area contributed by atoms with Gasteiger partial charge in [-0.05, 0) is 6.07 Å². The van der Waals surface area contributed by atoms with Crippen LogP contribution in [0.2, 0.25) is 0 Å². The molecule has 0 aliphatic carbocycles. The molecule has 1 saturated heterocycles. The SMILES string of the molecule is O=C1CCN(CC(=O)c2cc[nH]c2)CC1. The van der Waals surface area contributed by atoms with Crippen molar-refractivity contribution >= 4 is 11.6 Å². The van der Waals surface area contributed by atoms with Gasteiger partial charge in [0.2, 0.25) is 0 Å². The van der Waals surface area contributed by atoms with Gasteiger partial charge >= 0.3 is 0 Å². The number of likely N-dealkylation sites (tertiary alicyclic amines) is 1.